The Balaban J connectivity index is 4.37. The van der Waals surface area contributed by atoms with Crippen LogP contribution in [0.3, 0.4) is 0 Å². The van der Waals surface area contributed by atoms with Gasteiger partial charge in [-0.25, -0.2) is 4.79 Å². The van der Waals surface area contributed by atoms with Crippen LogP contribution in [-0.2, 0) is 23.9 Å². The van der Waals surface area contributed by atoms with Gasteiger partial charge in [-0.3, -0.25) is 14.4 Å². The zero-order valence-electron chi connectivity index (χ0n) is 31.4. The summed E-state index contributed by atoms with van der Waals surface area (Å²) in [4.78, 5) is 47.3. The van der Waals surface area contributed by atoms with Crippen molar-refractivity contribution in [3.8, 4) is 0 Å². The number of esters is 1. The van der Waals surface area contributed by atoms with Crippen LogP contribution in [0.1, 0.15) is 162 Å². The number of amides is 2. The minimum absolute atomic E-state index is 0.0482. The van der Waals surface area contributed by atoms with Crippen molar-refractivity contribution < 1.29 is 34.1 Å². The summed E-state index contributed by atoms with van der Waals surface area (Å²) in [6, 6.07) is -1.39. The van der Waals surface area contributed by atoms with Crippen molar-refractivity contribution >= 4 is 23.8 Å². The molecule has 50 heavy (non-hydrogen) atoms. The number of nitrogens with one attached hydrogen (secondary N) is 2. The summed E-state index contributed by atoms with van der Waals surface area (Å²) >= 11 is 0. The number of carbonyl (C=O) groups is 4. The SMILES string of the molecule is CC/C=C\C/C=C\C/C=C\C/C=C\CCCCC(CCCCCCCC(=O)NCC(=O)NC(CO)C(=O)O)OC(=O)CCCCCCCCC. The average molecular weight is 703 g/mol. The first-order valence-corrected chi connectivity index (χ1v) is 19.5. The Morgan fingerprint density at radius 3 is 1.72 bits per heavy atom. The van der Waals surface area contributed by atoms with Gasteiger partial charge in [0.1, 0.15) is 12.1 Å². The lowest BCUT2D eigenvalue weighted by molar-refractivity contribution is -0.150. The molecule has 286 valence electrons. The first kappa shape index (κ1) is 46.8. The van der Waals surface area contributed by atoms with Gasteiger partial charge in [0.05, 0.1) is 13.2 Å². The van der Waals surface area contributed by atoms with Gasteiger partial charge in [-0.15, -0.1) is 0 Å². The molecule has 2 unspecified atom stereocenters. The van der Waals surface area contributed by atoms with Crippen LogP contribution >= 0.6 is 0 Å². The molecule has 2 amide bonds. The van der Waals surface area contributed by atoms with Crippen molar-refractivity contribution in [2.45, 2.75) is 174 Å². The number of hydrogen-bond acceptors (Lipinski definition) is 6. The topological polar surface area (TPSA) is 142 Å². The summed E-state index contributed by atoms with van der Waals surface area (Å²) in [5, 5.41) is 22.5. The molecule has 2 atom stereocenters. The fraction of sp³-hybridized carbons (Fsp3) is 0.707. The maximum atomic E-state index is 12.6. The largest absolute Gasteiger partial charge is 0.480 e. The lowest BCUT2D eigenvalue weighted by atomic mass is 10.0. The van der Waals surface area contributed by atoms with E-state index in [0.29, 0.717) is 12.8 Å². The third kappa shape index (κ3) is 32.0. The number of carbonyl (C=O) groups excluding carboxylic acids is 3. The zero-order chi connectivity index (χ0) is 36.9. The first-order valence-electron chi connectivity index (χ1n) is 19.5. The molecule has 0 aromatic rings. The van der Waals surface area contributed by atoms with E-state index in [1.807, 2.05) is 0 Å². The van der Waals surface area contributed by atoms with E-state index in [4.69, 9.17) is 14.9 Å². The monoisotopic (exact) mass is 703 g/mol. The molecular weight excluding hydrogens is 632 g/mol. The molecule has 4 N–H and O–H groups in total. The fourth-order valence-corrected chi connectivity index (χ4v) is 5.35. The number of hydrogen-bond donors (Lipinski definition) is 4. The molecule has 0 rings (SSSR count). The van der Waals surface area contributed by atoms with Crippen LogP contribution in [0.15, 0.2) is 48.6 Å². The van der Waals surface area contributed by atoms with Gasteiger partial charge in [-0.1, -0.05) is 120 Å². The van der Waals surface area contributed by atoms with Gasteiger partial charge in [-0.2, -0.15) is 0 Å². The number of carboxylic acids is 1. The molecule has 9 heteroatoms. The Labute approximate surface area is 303 Å². The molecule has 0 saturated carbocycles. The second-order valence-corrected chi connectivity index (χ2v) is 13.0. The highest BCUT2D eigenvalue weighted by molar-refractivity contribution is 5.87. The van der Waals surface area contributed by atoms with Crippen LogP contribution in [0, 0.1) is 0 Å². The second kappa shape index (κ2) is 35.6. The van der Waals surface area contributed by atoms with Crippen molar-refractivity contribution in [2.24, 2.45) is 0 Å². The van der Waals surface area contributed by atoms with Gasteiger partial charge in [0, 0.05) is 12.8 Å². The van der Waals surface area contributed by atoms with Crippen LogP contribution in [-0.4, -0.2) is 59.3 Å². The molecule has 0 aliphatic heterocycles. The van der Waals surface area contributed by atoms with E-state index in [-0.39, 0.29) is 30.9 Å². The molecule has 0 spiro atoms. The van der Waals surface area contributed by atoms with Gasteiger partial charge in [0.15, 0.2) is 0 Å². The molecule has 0 aromatic heterocycles. The predicted molar refractivity (Wildman–Crippen MR) is 204 cm³/mol. The van der Waals surface area contributed by atoms with Crippen molar-refractivity contribution in [1.29, 1.82) is 0 Å². The maximum absolute atomic E-state index is 12.6. The number of ether oxygens (including phenoxy) is 1. The number of rotatable bonds is 34. The lowest BCUT2D eigenvalue weighted by Crippen LogP contribution is -2.47. The molecule has 0 heterocycles. The first-order chi connectivity index (χ1) is 24.3. The maximum Gasteiger partial charge on any atom is 0.328 e. The highest BCUT2D eigenvalue weighted by Gasteiger charge is 2.19. The quantitative estimate of drug-likeness (QED) is 0.0298. The van der Waals surface area contributed by atoms with Crippen LogP contribution in [0.4, 0.5) is 0 Å². The number of aliphatic hydroxyl groups excluding tert-OH is 1. The molecule has 0 fully saturated rings. The molecule has 0 saturated heterocycles. The normalized spacial score (nSPS) is 13.0. The third-order valence-electron chi connectivity index (χ3n) is 8.34. The van der Waals surface area contributed by atoms with Crippen molar-refractivity contribution in [1.82, 2.24) is 10.6 Å². The van der Waals surface area contributed by atoms with Gasteiger partial charge in [0.25, 0.3) is 0 Å². The standard InChI is InChI=1S/C41H70N2O7/c1-3-5-7-9-11-12-13-14-15-16-17-18-20-22-26-30-36(50-40(47)33-29-25-19-10-8-6-4-2)31-27-23-21-24-28-32-38(45)42-34-39(46)43-37(35-44)41(48)49/h5,7,11-12,14-15,17-18,36-37,44H,3-4,6,8-10,13,16,19-35H2,1-2H3,(H,42,45)(H,43,46)(H,48,49)/b7-5-,12-11-,15-14-,18-17-. The molecule has 0 radical (unpaired) electrons. The Morgan fingerprint density at radius 1 is 0.620 bits per heavy atom. The zero-order valence-corrected chi connectivity index (χ0v) is 31.4. The lowest BCUT2D eigenvalue weighted by Gasteiger charge is -2.18. The molecule has 0 bridgehead atoms. The highest BCUT2D eigenvalue weighted by Crippen LogP contribution is 2.18. The third-order valence-corrected chi connectivity index (χ3v) is 8.34. The van der Waals surface area contributed by atoms with Gasteiger partial charge < -0.3 is 25.6 Å². The van der Waals surface area contributed by atoms with Crippen LogP contribution in [0.2, 0.25) is 0 Å². The minimum Gasteiger partial charge on any atom is -0.480 e. The van der Waals surface area contributed by atoms with Crippen LogP contribution in [0.25, 0.3) is 0 Å². The summed E-state index contributed by atoms with van der Waals surface area (Å²) in [5.74, 6) is -2.34. The van der Waals surface area contributed by atoms with E-state index in [2.05, 4.69) is 73.1 Å². The van der Waals surface area contributed by atoms with E-state index in [1.54, 1.807) is 0 Å². The smallest absolute Gasteiger partial charge is 0.328 e. The van der Waals surface area contributed by atoms with Crippen molar-refractivity contribution in [2.75, 3.05) is 13.2 Å². The summed E-state index contributed by atoms with van der Waals surface area (Å²) in [6.45, 7) is 3.32. The number of aliphatic carboxylic acids is 1. The van der Waals surface area contributed by atoms with Crippen LogP contribution < -0.4 is 10.6 Å². The van der Waals surface area contributed by atoms with Gasteiger partial charge in [-0.05, 0) is 77.0 Å². The molecule has 9 nitrogen and oxygen atoms in total. The second-order valence-electron chi connectivity index (χ2n) is 13.0. The van der Waals surface area contributed by atoms with Crippen molar-refractivity contribution in [3.05, 3.63) is 48.6 Å². The summed E-state index contributed by atoms with van der Waals surface area (Å²) in [6.07, 6.45) is 40.0. The molecule has 0 aliphatic carbocycles. The summed E-state index contributed by atoms with van der Waals surface area (Å²) in [5.41, 5.74) is 0. The fourth-order valence-electron chi connectivity index (χ4n) is 5.35. The molecule has 0 aromatic carbocycles. The predicted octanol–water partition coefficient (Wildman–Crippen LogP) is 8.81. The van der Waals surface area contributed by atoms with E-state index < -0.39 is 24.5 Å². The Morgan fingerprint density at radius 2 is 1.14 bits per heavy atom. The summed E-state index contributed by atoms with van der Waals surface area (Å²) < 4.78 is 5.96. The minimum atomic E-state index is -1.39. The van der Waals surface area contributed by atoms with Crippen molar-refractivity contribution in [3.63, 3.8) is 0 Å². The molecule has 0 aliphatic rings. The summed E-state index contributed by atoms with van der Waals surface area (Å²) in [7, 11) is 0. The van der Waals surface area contributed by atoms with Crippen LogP contribution in [0.5, 0.6) is 0 Å². The van der Waals surface area contributed by atoms with Gasteiger partial charge >= 0.3 is 11.9 Å². The Kier molecular flexibility index (Phi) is 33.3. The number of allylic oxidation sites excluding steroid dienone is 8. The van der Waals surface area contributed by atoms with E-state index in [0.717, 1.165) is 96.3 Å². The van der Waals surface area contributed by atoms with E-state index >= 15 is 0 Å². The Hall–Kier alpha value is -3.20. The number of aliphatic hydroxyl groups is 1. The molecular formula is C41H70N2O7. The number of carboxylic acid groups (broad SMARTS) is 1. The number of unbranched alkanes of at least 4 members (excludes halogenated alkanes) is 12. The van der Waals surface area contributed by atoms with Gasteiger partial charge in [0.2, 0.25) is 11.8 Å². The highest BCUT2D eigenvalue weighted by atomic mass is 16.5. The average Bonchev–Trinajstić information content (AvgIpc) is 3.10. The Bertz CT molecular complexity index is 989. The van der Waals surface area contributed by atoms with E-state index in [9.17, 15) is 19.2 Å². The van der Waals surface area contributed by atoms with E-state index in [1.165, 1.54) is 32.1 Å².